The van der Waals surface area contributed by atoms with Gasteiger partial charge in [-0.1, -0.05) is 25.6 Å². The van der Waals surface area contributed by atoms with Gasteiger partial charge in [0.05, 0.1) is 5.92 Å². The number of hydrogen-bond acceptors (Lipinski definition) is 2. The first-order valence-corrected chi connectivity index (χ1v) is 8.71. The van der Waals surface area contributed by atoms with Gasteiger partial charge in [0.25, 0.3) is 0 Å². The highest BCUT2D eigenvalue weighted by molar-refractivity contribution is 6.83. The Morgan fingerprint density at radius 1 is 1.47 bits per heavy atom. The summed E-state index contributed by atoms with van der Waals surface area (Å²) in [6, 6.07) is 0. The van der Waals surface area contributed by atoms with Gasteiger partial charge < -0.3 is 4.74 Å². The molecule has 2 nitrogen and oxygen atoms in total. The number of esters is 1. The minimum atomic E-state index is -1.29. The van der Waals surface area contributed by atoms with Crippen LogP contribution in [0.1, 0.15) is 13.8 Å². The van der Waals surface area contributed by atoms with Crippen LogP contribution in [0.4, 0.5) is 0 Å². The smallest absolute Gasteiger partial charge is 0.313 e. The van der Waals surface area contributed by atoms with Gasteiger partial charge in [-0.25, -0.2) is 0 Å². The van der Waals surface area contributed by atoms with Crippen molar-refractivity contribution in [3.05, 3.63) is 11.6 Å². The van der Waals surface area contributed by atoms with Gasteiger partial charge in [-0.15, -0.1) is 5.54 Å². The van der Waals surface area contributed by atoms with Gasteiger partial charge in [0.15, 0.2) is 0 Å². The molecule has 0 N–H and O–H groups in total. The molecule has 0 saturated carbocycles. The van der Waals surface area contributed by atoms with Gasteiger partial charge in [0, 0.05) is 0 Å². The first kappa shape index (κ1) is 12.1. The Hall–Kier alpha value is -1.01. The van der Waals surface area contributed by atoms with Crippen molar-refractivity contribution in [2.24, 2.45) is 5.92 Å². The minimum absolute atomic E-state index is 0.00469. The second-order valence-corrected chi connectivity index (χ2v) is 9.80. The molecule has 1 saturated heterocycles. The Labute approximate surface area is 92.7 Å². The van der Waals surface area contributed by atoms with Crippen LogP contribution in [0.2, 0.25) is 19.6 Å². The Bertz CT molecular complexity index is 352. The fourth-order valence-electron chi connectivity index (χ4n) is 1.32. The normalized spacial score (nSPS) is 26.2. The van der Waals surface area contributed by atoms with Gasteiger partial charge in [0.2, 0.25) is 0 Å². The molecule has 15 heavy (non-hydrogen) atoms. The van der Waals surface area contributed by atoms with E-state index in [0.717, 1.165) is 5.57 Å². The van der Waals surface area contributed by atoms with E-state index in [1.165, 1.54) is 0 Å². The van der Waals surface area contributed by atoms with Crippen LogP contribution in [0.15, 0.2) is 11.6 Å². The highest BCUT2D eigenvalue weighted by Crippen LogP contribution is 2.27. The van der Waals surface area contributed by atoms with Gasteiger partial charge in [0.1, 0.15) is 14.2 Å². The third kappa shape index (κ3) is 3.24. The zero-order valence-corrected chi connectivity index (χ0v) is 11.0. The Morgan fingerprint density at radius 3 is 2.47 bits per heavy atom. The lowest BCUT2D eigenvalue weighted by molar-refractivity contribution is -0.177. The fourth-order valence-corrected chi connectivity index (χ4v) is 1.83. The number of cyclic esters (lactones) is 1. The molecule has 0 aromatic heterocycles. The van der Waals surface area contributed by atoms with Gasteiger partial charge in [-0.3, -0.25) is 4.79 Å². The molecule has 0 spiro atoms. The zero-order valence-electron chi connectivity index (χ0n) is 10.0. The summed E-state index contributed by atoms with van der Waals surface area (Å²) in [6.07, 6.45) is 1.83. The first-order chi connectivity index (χ1) is 6.81. The summed E-state index contributed by atoms with van der Waals surface area (Å²) in [5.74, 6) is 2.96. The standard InChI is InChI=1S/C12H18O2Si/c1-9(7-6-8-15(3,4)5)11-10(2)12(13)14-11/h7,10-11H,1-5H3/b9-7-/t10-,11+/m1/s1. The number of allylic oxidation sites excluding steroid dienone is 1. The van der Waals surface area contributed by atoms with Crippen LogP contribution in [0, 0.1) is 17.4 Å². The molecule has 0 aliphatic carbocycles. The average molecular weight is 222 g/mol. The fraction of sp³-hybridized carbons (Fsp3) is 0.583. The van der Waals surface area contributed by atoms with Crippen LogP contribution in [-0.2, 0) is 9.53 Å². The number of carbonyl (C=O) groups excluding carboxylic acids is 1. The predicted molar refractivity (Wildman–Crippen MR) is 63.9 cm³/mol. The molecule has 3 heteroatoms. The summed E-state index contributed by atoms with van der Waals surface area (Å²) in [5, 5.41) is 0. The first-order valence-electron chi connectivity index (χ1n) is 5.21. The number of rotatable bonds is 1. The molecule has 0 aromatic rings. The molecule has 0 radical (unpaired) electrons. The average Bonchev–Trinajstić information content (AvgIpc) is 2.11. The van der Waals surface area contributed by atoms with Crippen molar-refractivity contribution in [1.29, 1.82) is 0 Å². The third-order valence-corrected chi connectivity index (χ3v) is 3.16. The number of carbonyl (C=O) groups is 1. The van der Waals surface area contributed by atoms with Crippen LogP contribution in [-0.4, -0.2) is 20.1 Å². The van der Waals surface area contributed by atoms with E-state index < -0.39 is 8.07 Å². The van der Waals surface area contributed by atoms with Crippen molar-refractivity contribution in [3.8, 4) is 11.5 Å². The highest BCUT2D eigenvalue weighted by atomic mass is 28.3. The molecule has 1 fully saturated rings. The Balaban J connectivity index is 2.61. The van der Waals surface area contributed by atoms with Crippen molar-refractivity contribution in [2.75, 3.05) is 0 Å². The monoisotopic (exact) mass is 222 g/mol. The molecule has 0 amide bonds. The summed E-state index contributed by atoms with van der Waals surface area (Å²) in [7, 11) is -1.29. The van der Waals surface area contributed by atoms with E-state index in [1.54, 1.807) is 0 Å². The van der Waals surface area contributed by atoms with Gasteiger partial charge in [-0.05, 0) is 25.5 Å². The maximum atomic E-state index is 10.9. The highest BCUT2D eigenvalue weighted by Gasteiger charge is 2.39. The summed E-state index contributed by atoms with van der Waals surface area (Å²) >= 11 is 0. The zero-order chi connectivity index (χ0) is 11.6. The van der Waals surface area contributed by atoms with E-state index in [1.807, 2.05) is 19.9 Å². The molecule has 1 heterocycles. The molecular formula is C12H18O2Si. The van der Waals surface area contributed by atoms with E-state index in [0.29, 0.717) is 0 Å². The molecule has 82 valence electrons. The van der Waals surface area contributed by atoms with Crippen molar-refractivity contribution < 1.29 is 9.53 Å². The molecule has 1 aliphatic heterocycles. The molecule has 0 unspecified atom stereocenters. The van der Waals surface area contributed by atoms with Crippen molar-refractivity contribution in [1.82, 2.24) is 0 Å². The van der Waals surface area contributed by atoms with Gasteiger partial charge >= 0.3 is 5.97 Å². The van der Waals surface area contributed by atoms with Crippen LogP contribution in [0.25, 0.3) is 0 Å². The maximum Gasteiger partial charge on any atom is 0.313 e. The van der Waals surface area contributed by atoms with E-state index >= 15 is 0 Å². The van der Waals surface area contributed by atoms with Crippen molar-refractivity contribution in [3.63, 3.8) is 0 Å². The van der Waals surface area contributed by atoms with Crippen LogP contribution in [0.3, 0.4) is 0 Å². The third-order valence-electron chi connectivity index (χ3n) is 2.26. The minimum Gasteiger partial charge on any atom is -0.457 e. The number of ether oxygens (including phenoxy) is 1. The molecule has 1 aliphatic rings. The summed E-state index contributed by atoms with van der Waals surface area (Å²) in [5.41, 5.74) is 4.30. The maximum absolute atomic E-state index is 10.9. The topological polar surface area (TPSA) is 26.3 Å². The molecule has 0 bridgehead atoms. The Kier molecular flexibility index (Phi) is 3.41. The summed E-state index contributed by atoms with van der Waals surface area (Å²) < 4.78 is 5.03. The van der Waals surface area contributed by atoms with Crippen LogP contribution in [0.5, 0.6) is 0 Å². The number of hydrogen-bond donors (Lipinski definition) is 0. The quantitative estimate of drug-likeness (QED) is 0.387. The van der Waals surface area contributed by atoms with Crippen molar-refractivity contribution in [2.45, 2.75) is 39.6 Å². The van der Waals surface area contributed by atoms with E-state index in [4.69, 9.17) is 4.74 Å². The van der Waals surface area contributed by atoms with E-state index in [9.17, 15) is 4.79 Å². The van der Waals surface area contributed by atoms with Crippen LogP contribution < -0.4 is 0 Å². The lowest BCUT2D eigenvalue weighted by Crippen LogP contribution is -2.43. The van der Waals surface area contributed by atoms with E-state index in [2.05, 4.69) is 31.1 Å². The van der Waals surface area contributed by atoms with Crippen LogP contribution >= 0.6 is 0 Å². The molecule has 0 aromatic carbocycles. The SMILES string of the molecule is C/C(=C/C#C[Si](C)(C)C)[C@@H]1OC(=O)[C@@H]1C. The Morgan fingerprint density at radius 2 is 2.07 bits per heavy atom. The second-order valence-electron chi connectivity index (χ2n) is 5.05. The van der Waals surface area contributed by atoms with Crippen molar-refractivity contribution >= 4 is 14.0 Å². The predicted octanol–water partition coefficient (Wildman–Crippen LogP) is 2.38. The second kappa shape index (κ2) is 4.24. The largest absolute Gasteiger partial charge is 0.457 e. The summed E-state index contributed by atoms with van der Waals surface area (Å²) in [4.78, 5) is 10.9. The lowest BCUT2D eigenvalue weighted by atomic mass is 9.93. The molecule has 1 rings (SSSR count). The summed E-state index contributed by atoms with van der Waals surface area (Å²) in [6.45, 7) is 10.5. The van der Waals surface area contributed by atoms with Gasteiger partial charge in [-0.2, -0.15) is 0 Å². The lowest BCUT2D eigenvalue weighted by Gasteiger charge is -2.33. The molecular weight excluding hydrogens is 204 g/mol. The van der Waals surface area contributed by atoms with E-state index in [-0.39, 0.29) is 18.0 Å². The molecule has 2 atom stereocenters.